The van der Waals surface area contributed by atoms with E-state index in [0.717, 1.165) is 57.6 Å². The second-order valence-electron chi connectivity index (χ2n) is 8.69. The highest BCUT2D eigenvalue weighted by atomic mass is 127. The van der Waals surface area contributed by atoms with Crippen LogP contribution < -0.4 is 10.6 Å². The maximum absolute atomic E-state index is 12.6. The van der Waals surface area contributed by atoms with Crippen LogP contribution in [0.2, 0.25) is 0 Å². The molecule has 7 nitrogen and oxygen atoms in total. The Hall–Kier alpha value is -1.06. The molecule has 174 valence electrons. The molecule has 0 spiro atoms. The maximum atomic E-state index is 12.6. The Morgan fingerprint density at radius 2 is 1.50 bits per heavy atom. The summed E-state index contributed by atoms with van der Waals surface area (Å²) in [4.78, 5) is 32.8. The zero-order valence-electron chi connectivity index (χ0n) is 19.3. The number of piperidine rings is 1. The van der Waals surface area contributed by atoms with Crippen LogP contribution in [0.5, 0.6) is 0 Å². The molecule has 1 saturated carbocycles. The Kier molecular flexibility index (Phi) is 12.7. The summed E-state index contributed by atoms with van der Waals surface area (Å²) in [6, 6.07) is 0.714. The van der Waals surface area contributed by atoms with Gasteiger partial charge in [0.2, 0.25) is 11.8 Å². The van der Waals surface area contributed by atoms with Gasteiger partial charge in [0, 0.05) is 45.2 Å². The van der Waals surface area contributed by atoms with Gasteiger partial charge >= 0.3 is 0 Å². The topological polar surface area (TPSA) is 77.0 Å². The van der Waals surface area contributed by atoms with Crippen molar-refractivity contribution in [2.75, 3.05) is 33.7 Å². The molecular weight excluding hydrogens is 493 g/mol. The van der Waals surface area contributed by atoms with Gasteiger partial charge < -0.3 is 20.4 Å². The van der Waals surface area contributed by atoms with Crippen LogP contribution in [0.1, 0.15) is 71.6 Å². The van der Waals surface area contributed by atoms with Gasteiger partial charge in [-0.3, -0.25) is 9.59 Å². The van der Waals surface area contributed by atoms with Crippen molar-refractivity contribution in [1.29, 1.82) is 0 Å². The number of likely N-dealkylation sites (tertiary alicyclic amines) is 1. The molecule has 0 atom stereocenters. The number of amides is 2. The first-order valence-corrected chi connectivity index (χ1v) is 11.5. The minimum Gasteiger partial charge on any atom is -0.354 e. The molecule has 1 aliphatic heterocycles. The van der Waals surface area contributed by atoms with E-state index in [1.807, 2.05) is 4.90 Å². The van der Waals surface area contributed by atoms with Crippen LogP contribution in [0, 0.1) is 5.92 Å². The average Bonchev–Trinajstić information content (AvgIpc) is 2.73. The van der Waals surface area contributed by atoms with Crippen molar-refractivity contribution in [1.82, 2.24) is 20.4 Å². The van der Waals surface area contributed by atoms with Gasteiger partial charge in [-0.25, -0.2) is 4.99 Å². The minimum absolute atomic E-state index is 0. The molecule has 2 fully saturated rings. The van der Waals surface area contributed by atoms with Crippen molar-refractivity contribution in [3.05, 3.63) is 0 Å². The summed E-state index contributed by atoms with van der Waals surface area (Å²) >= 11 is 0. The fraction of sp³-hybridized carbons (Fsp3) is 0.864. The van der Waals surface area contributed by atoms with Crippen molar-refractivity contribution >= 4 is 41.8 Å². The Morgan fingerprint density at radius 1 is 0.967 bits per heavy atom. The first-order chi connectivity index (χ1) is 13.9. The van der Waals surface area contributed by atoms with E-state index in [1.165, 1.54) is 19.3 Å². The van der Waals surface area contributed by atoms with Gasteiger partial charge in [-0.1, -0.05) is 33.1 Å². The number of guanidine groups is 1. The van der Waals surface area contributed by atoms with Crippen molar-refractivity contribution in [3.8, 4) is 0 Å². The van der Waals surface area contributed by atoms with Crippen LogP contribution in [0.15, 0.2) is 4.99 Å². The minimum atomic E-state index is 0. The first kappa shape index (κ1) is 27.0. The third kappa shape index (κ3) is 8.59. The van der Waals surface area contributed by atoms with Crippen LogP contribution in [0.4, 0.5) is 0 Å². The van der Waals surface area contributed by atoms with E-state index < -0.39 is 0 Å². The molecule has 1 aliphatic carbocycles. The average molecular weight is 536 g/mol. The molecule has 2 N–H and O–H groups in total. The lowest BCUT2D eigenvalue weighted by molar-refractivity contribution is -0.136. The fourth-order valence-corrected chi connectivity index (χ4v) is 4.20. The third-order valence-corrected chi connectivity index (χ3v) is 6.30. The van der Waals surface area contributed by atoms with E-state index in [4.69, 9.17) is 0 Å². The van der Waals surface area contributed by atoms with Crippen molar-refractivity contribution in [2.45, 2.75) is 83.7 Å². The Morgan fingerprint density at radius 3 is 2.00 bits per heavy atom. The maximum Gasteiger partial charge on any atom is 0.243 e. The molecule has 0 aromatic rings. The summed E-state index contributed by atoms with van der Waals surface area (Å²) in [6.07, 6.45) is 9.77. The highest BCUT2D eigenvalue weighted by molar-refractivity contribution is 14.0. The van der Waals surface area contributed by atoms with Gasteiger partial charge in [0.05, 0.1) is 0 Å². The van der Waals surface area contributed by atoms with E-state index in [0.29, 0.717) is 11.9 Å². The van der Waals surface area contributed by atoms with Crippen LogP contribution in [0.25, 0.3) is 0 Å². The van der Waals surface area contributed by atoms with E-state index in [1.54, 1.807) is 19.0 Å². The van der Waals surface area contributed by atoms with Gasteiger partial charge in [-0.2, -0.15) is 0 Å². The molecule has 2 amide bonds. The number of hydrogen-bond donors (Lipinski definition) is 2. The summed E-state index contributed by atoms with van der Waals surface area (Å²) in [5, 5.41) is 7.10. The second kappa shape index (κ2) is 14.1. The smallest absolute Gasteiger partial charge is 0.243 e. The fourth-order valence-electron chi connectivity index (χ4n) is 4.20. The number of likely N-dealkylation sites (N-methyl/N-ethyl adjacent to an activating group) is 1. The molecule has 0 bridgehead atoms. The molecule has 2 aliphatic rings. The molecule has 1 heterocycles. The van der Waals surface area contributed by atoms with E-state index in [-0.39, 0.29) is 48.4 Å². The Labute approximate surface area is 199 Å². The molecule has 2 rings (SSSR count). The molecule has 8 heteroatoms. The van der Waals surface area contributed by atoms with Crippen molar-refractivity contribution in [3.63, 3.8) is 0 Å². The van der Waals surface area contributed by atoms with Crippen molar-refractivity contribution < 1.29 is 9.59 Å². The number of hydrogen-bond acceptors (Lipinski definition) is 3. The van der Waals surface area contributed by atoms with Crippen LogP contribution in [0.3, 0.4) is 0 Å². The number of carbonyl (C=O) groups excluding carboxylic acids is 2. The molecule has 0 aromatic heterocycles. The van der Waals surface area contributed by atoms with Crippen molar-refractivity contribution in [2.24, 2.45) is 10.9 Å². The number of nitrogens with zero attached hydrogens (tertiary/aromatic N) is 3. The first-order valence-electron chi connectivity index (χ1n) is 11.5. The van der Waals surface area contributed by atoms with Gasteiger partial charge in [0.1, 0.15) is 6.54 Å². The third-order valence-electron chi connectivity index (χ3n) is 6.30. The predicted molar refractivity (Wildman–Crippen MR) is 133 cm³/mol. The summed E-state index contributed by atoms with van der Waals surface area (Å²) in [7, 11) is 3.51. The summed E-state index contributed by atoms with van der Waals surface area (Å²) in [5.74, 6) is 1.21. The zero-order valence-corrected chi connectivity index (χ0v) is 21.6. The highest BCUT2D eigenvalue weighted by Crippen LogP contribution is 2.19. The molecule has 0 radical (unpaired) electrons. The highest BCUT2D eigenvalue weighted by Gasteiger charge is 2.27. The lowest BCUT2D eigenvalue weighted by atomic mass is 9.95. The van der Waals surface area contributed by atoms with Gasteiger partial charge in [0.25, 0.3) is 0 Å². The van der Waals surface area contributed by atoms with Gasteiger partial charge in [-0.15, -0.1) is 24.0 Å². The number of halogens is 1. The molecule has 0 aromatic carbocycles. The lowest BCUT2D eigenvalue weighted by Gasteiger charge is -2.35. The Bertz CT molecular complexity index is 552. The van der Waals surface area contributed by atoms with Crippen LogP contribution >= 0.6 is 24.0 Å². The van der Waals surface area contributed by atoms with Crippen LogP contribution in [-0.4, -0.2) is 73.4 Å². The monoisotopic (exact) mass is 535 g/mol. The molecule has 0 unspecified atom stereocenters. The normalized spacial score (nSPS) is 18.7. The largest absolute Gasteiger partial charge is 0.354 e. The molecule has 1 saturated heterocycles. The van der Waals surface area contributed by atoms with Gasteiger partial charge in [0.15, 0.2) is 5.96 Å². The van der Waals surface area contributed by atoms with E-state index >= 15 is 0 Å². The Balaban J connectivity index is 0.00000450. The van der Waals surface area contributed by atoms with Gasteiger partial charge in [-0.05, 0) is 38.5 Å². The summed E-state index contributed by atoms with van der Waals surface area (Å²) in [5.41, 5.74) is 0. The zero-order chi connectivity index (χ0) is 21.2. The van der Waals surface area contributed by atoms with E-state index in [2.05, 4.69) is 29.5 Å². The molecule has 30 heavy (non-hydrogen) atoms. The number of rotatable bonds is 7. The second-order valence-corrected chi connectivity index (χ2v) is 8.69. The summed E-state index contributed by atoms with van der Waals surface area (Å²) in [6.45, 7) is 5.92. The van der Waals surface area contributed by atoms with E-state index in [9.17, 15) is 9.59 Å². The SMILES string of the molecule is CCC(CC)C(=O)N1CCC(NC(=NCC(=O)N(C)C)NC2CCCCC2)CC1.I. The standard InChI is InChI=1S/C22H41N5O2.HI/c1-5-17(6-2)21(29)27-14-12-19(13-15-27)25-22(23-16-20(28)26(3)4)24-18-10-8-7-9-11-18;/h17-19H,5-16H2,1-4H3,(H2,23,24,25);1H. The summed E-state index contributed by atoms with van der Waals surface area (Å²) < 4.78 is 0. The number of nitrogens with one attached hydrogen (secondary N) is 2. The quantitative estimate of drug-likeness (QED) is 0.299. The van der Waals surface area contributed by atoms with Crippen LogP contribution in [-0.2, 0) is 9.59 Å². The lowest BCUT2D eigenvalue weighted by Crippen LogP contribution is -2.52. The predicted octanol–water partition coefficient (Wildman–Crippen LogP) is 2.99. The number of carbonyl (C=O) groups is 2. The number of aliphatic imine (C=N–C) groups is 1. The molecular formula is C22H42IN5O2.